The zero-order valence-electron chi connectivity index (χ0n) is 19.7. The molecular weight excluding hydrogens is 450 g/mol. The van der Waals surface area contributed by atoms with Crippen LogP contribution in [0, 0.1) is 6.92 Å². The van der Waals surface area contributed by atoms with Crippen molar-refractivity contribution in [2.24, 2.45) is 5.10 Å². The van der Waals surface area contributed by atoms with Gasteiger partial charge < -0.3 is 5.11 Å². The predicted molar refractivity (Wildman–Crippen MR) is 135 cm³/mol. The number of nitrogens with one attached hydrogen (secondary N) is 1. The molecule has 8 heteroatoms. The van der Waals surface area contributed by atoms with Crippen LogP contribution >= 0.6 is 0 Å². The van der Waals surface area contributed by atoms with Gasteiger partial charge in [-0.25, -0.2) is 13.8 Å². The maximum Gasteiger partial charge on any atom is 0.264 e. The molecule has 3 rings (SSSR count). The summed E-state index contributed by atoms with van der Waals surface area (Å²) in [6, 6.07) is 20.2. The lowest BCUT2D eigenvalue weighted by atomic mass is 10.0. The van der Waals surface area contributed by atoms with Crippen LogP contribution in [0.2, 0.25) is 0 Å². The summed E-state index contributed by atoms with van der Waals surface area (Å²) in [5, 5.41) is 14.0. The molecule has 1 amide bonds. The minimum Gasteiger partial charge on any atom is -0.507 e. The van der Waals surface area contributed by atoms with Gasteiger partial charge in [-0.15, -0.1) is 0 Å². The number of hydrazone groups is 1. The number of aryl methyl sites for hydroxylation is 1. The second-order valence-corrected chi connectivity index (χ2v) is 10.2. The molecule has 0 aliphatic carbocycles. The molecule has 7 nitrogen and oxygen atoms in total. The molecular formula is C26H29N3O4S. The van der Waals surface area contributed by atoms with Crippen LogP contribution in [0.25, 0.3) is 0 Å². The van der Waals surface area contributed by atoms with Crippen LogP contribution in [0.3, 0.4) is 0 Å². The number of phenols is 1. The molecule has 0 aliphatic heterocycles. The fourth-order valence-corrected chi connectivity index (χ4v) is 4.75. The lowest BCUT2D eigenvalue weighted by molar-refractivity contribution is -0.119. The van der Waals surface area contributed by atoms with E-state index in [1.165, 1.54) is 18.2 Å². The third kappa shape index (κ3) is 5.82. The van der Waals surface area contributed by atoms with Crippen LogP contribution in [-0.2, 0) is 14.8 Å². The maximum absolute atomic E-state index is 13.5. The molecule has 3 aromatic rings. The number of carbonyl (C=O) groups excluding carboxylic acids is 1. The quantitative estimate of drug-likeness (QED) is 0.365. The Kier molecular flexibility index (Phi) is 7.73. The van der Waals surface area contributed by atoms with E-state index >= 15 is 0 Å². The Morgan fingerprint density at radius 1 is 1.00 bits per heavy atom. The second kappa shape index (κ2) is 10.5. The zero-order valence-corrected chi connectivity index (χ0v) is 20.5. The van der Waals surface area contributed by atoms with Gasteiger partial charge in [0.15, 0.2) is 0 Å². The van der Waals surface area contributed by atoms with Gasteiger partial charge >= 0.3 is 0 Å². The van der Waals surface area contributed by atoms with E-state index in [1.807, 2.05) is 32.9 Å². The number of sulfonamides is 1. The molecule has 0 bridgehead atoms. The third-order valence-electron chi connectivity index (χ3n) is 5.39. The van der Waals surface area contributed by atoms with Gasteiger partial charge in [0.2, 0.25) is 0 Å². The molecule has 2 N–H and O–H groups in total. The van der Waals surface area contributed by atoms with Gasteiger partial charge in [-0.3, -0.25) is 9.10 Å². The molecule has 0 saturated carbocycles. The number of phenolic OH excluding ortho intramolecular Hbond substituents is 1. The van der Waals surface area contributed by atoms with E-state index in [9.17, 15) is 18.3 Å². The van der Waals surface area contributed by atoms with Gasteiger partial charge in [0.05, 0.1) is 16.3 Å². The van der Waals surface area contributed by atoms with Crippen LogP contribution < -0.4 is 9.73 Å². The number of benzene rings is 3. The highest BCUT2D eigenvalue weighted by Gasteiger charge is 2.27. The van der Waals surface area contributed by atoms with Gasteiger partial charge in [0, 0.05) is 5.56 Å². The van der Waals surface area contributed by atoms with Gasteiger partial charge in [0.25, 0.3) is 15.9 Å². The number of para-hydroxylation sites is 1. The number of hydrogen-bond acceptors (Lipinski definition) is 5. The summed E-state index contributed by atoms with van der Waals surface area (Å²) in [5.41, 5.74) is 5.63. The Labute approximate surface area is 200 Å². The number of aromatic hydroxyl groups is 1. The molecule has 0 unspecified atom stereocenters. The molecule has 0 spiro atoms. The minimum absolute atomic E-state index is 0.0341. The van der Waals surface area contributed by atoms with Crippen LogP contribution in [0.15, 0.2) is 82.8 Å². The summed E-state index contributed by atoms with van der Waals surface area (Å²) >= 11 is 0. The summed E-state index contributed by atoms with van der Waals surface area (Å²) in [6.07, 6.45) is 0. The van der Waals surface area contributed by atoms with E-state index in [1.54, 1.807) is 49.4 Å². The van der Waals surface area contributed by atoms with E-state index in [4.69, 9.17) is 0 Å². The fourth-order valence-electron chi connectivity index (χ4n) is 3.33. The van der Waals surface area contributed by atoms with Crippen molar-refractivity contribution in [1.82, 2.24) is 5.43 Å². The average molecular weight is 480 g/mol. The van der Waals surface area contributed by atoms with Crippen LogP contribution in [0.1, 0.15) is 43.4 Å². The monoisotopic (exact) mass is 479 g/mol. The lowest BCUT2D eigenvalue weighted by Gasteiger charge is -2.24. The molecule has 0 saturated heterocycles. The van der Waals surface area contributed by atoms with E-state index in [-0.39, 0.29) is 16.6 Å². The highest BCUT2D eigenvalue weighted by atomic mass is 32.2. The number of nitrogens with zero attached hydrogens (tertiary/aromatic N) is 2. The average Bonchev–Trinajstić information content (AvgIpc) is 2.81. The number of rotatable bonds is 8. The SMILES string of the molecule is C/C(=N/NC(=O)CN(c1ccc(C(C)C)cc1)S(=O)(=O)c1ccc(C)cc1)c1ccccc1O. The molecule has 0 aromatic heterocycles. The van der Waals surface area contributed by atoms with Gasteiger partial charge in [0.1, 0.15) is 12.3 Å². The van der Waals surface area contributed by atoms with Crippen molar-refractivity contribution in [3.8, 4) is 5.75 Å². The standard InChI is InChI=1S/C26H29N3O4S/c1-18(2)21-11-13-22(14-12-21)29(34(32,33)23-15-9-19(3)10-16-23)17-26(31)28-27-20(4)24-7-5-6-8-25(24)30/h5-16,18,30H,17H2,1-4H3,(H,28,31)/b27-20-. The normalized spacial score (nSPS) is 12.0. The maximum atomic E-state index is 13.5. The summed E-state index contributed by atoms with van der Waals surface area (Å²) in [7, 11) is -4.01. The number of anilines is 1. The van der Waals surface area contributed by atoms with Crippen molar-refractivity contribution in [2.75, 3.05) is 10.8 Å². The Bertz CT molecular complexity index is 1280. The highest BCUT2D eigenvalue weighted by molar-refractivity contribution is 7.92. The predicted octanol–water partition coefficient (Wildman–Crippen LogP) is 4.56. The smallest absolute Gasteiger partial charge is 0.264 e. The molecule has 0 aliphatic rings. The van der Waals surface area contributed by atoms with Crippen molar-refractivity contribution in [3.05, 3.63) is 89.5 Å². The van der Waals surface area contributed by atoms with Gasteiger partial charge in [-0.2, -0.15) is 5.10 Å². The molecule has 0 atom stereocenters. The van der Waals surface area contributed by atoms with E-state index < -0.39 is 22.5 Å². The van der Waals surface area contributed by atoms with Crippen LogP contribution in [0.5, 0.6) is 5.75 Å². The highest BCUT2D eigenvalue weighted by Crippen LogP contribution is 2.26. The van der Waals surface area contributed by atoms with Crippen LogP contribution in [-0.4, -0.2) is 31.7 Å². The molecule has 178 valence electrons. The summed E-state index contributed by atoms with van der Waals surface area (Å²) < 4.78 is 28.0. The first-order valence-electron chi connectivity index (χ1n) is 10.9. The Hall–Kier alpha value is -3.65. The topological polar surface area (TPSA) is 99.1 Å². The van der Waals surface area contributed by atoms with Crippen molar-refractivity contribution in [1.29, 1.82) is 0 Å². The third-order valence-corrected chi connectivity index (χ3v) is 7.17. The molecule has 34 heavy (non-hydrogen) atoms. The van der Waals surface area contributed by atoms with Crippen molar-refractivity contribution >= 4 is 27.3 Å². The Balaban J connectivity index is 1.90. The molecule has 0 radical (unpaired) electrons. The fraction of sp³-hybridized carbons (Fsp3) is 0.231. The van der Waals surface area contributed by atoms with Crippen molar-refractivity contribution in [2.45, 2.75) is 38.5 Å². The van der Waals surface area contributed by atoms with Crippen molar-refractivity contribution < 1.29 is 18.3 Å². The van der Waals surface area contributed by atoms with Crippen LogP contribution in [0.4, 0.5) is 5.69 Å². The van der Waals surface area contributed by atoms with E-state index in [0.29, 0.717) is 17.0 Å². The Morgan fingerprint density at radius 2 is 1.62 bits per heavy atom. The second-order valence-electron chi connectivity index (χ2n) is 8.32. The summed E-state index contributed by atoms with van der Waals surface area (Å²) in [4.78, 5) is 12.9. The number of hydrogen-bond donors (Lipinski definition) is 2. The molecule has 0 fully saturated rings. The van der Waals surface area contributed by atoms with Gasteiger partial charge in [-0.1, -0.05) is 55.8 Å². The zero-order chi connectivity index (χ0) is 24.9. The molecule has 0 heterocycles. The van der Waals surface area contributed by atoms with E-state index in [2.05, 4.69) is 10.5 Å². The minimum atomic E-state index is -4.01. The first-order chi connectivity index (χ1) is 16.1. The number of amides is 1. The summed E-state index contributed by atoms with van der Waals surface area (Å²) in [5.74, 6) is -0.295. The van der Waals surface area contributed by atoms with E-state index in [0.717, 1.165) is 15.4 Å². The molecule has 3 aromatic carbocycles. The first-order valence-corrected chi connectivity index (χ1v) is 12.3. The van der Waals surface area contributed by atoms with Gasteiger partial charge in [-0.05, 0) is 61.7 Å². The Morgan fingerprint density at radius 3 is 2.21 bits per heavy atom. The van der Waals surface area contributed by atoms with Crippen molar-refractivity contribution in [3.63, 3.8) is 0 Å². The lowest BCUT2D eigenvalue weighted by Crippen LogP contribution is -2.39. The number of carbonyl (C=O) groups is 1. The summed E-state index contributed by atoms with van der Waals surface area (Å²) in [6.45, 7) is 7.15. The first kappa shape index (κ1) is 25.0. The largest absolute Gasteiger partial charge is 0.507 e.